The second-order valence-electron chi connectivity index (χ2n) is 5.76. The van der Waals surface area contributed by atoms with E-state index in [4.69, 9.17) is 4.18 Å². The molecular formula is C17H21FNO3S+. The first-order valence-electron chi connectivity index (χ1n) is 7.47. The number of hydrogen-bond donors (Lipinski definition) is 1. The van der Waals surface area contributed by atoms with E-state index in [0.29, 0.717) is 5.92 Å². The molecule has 0 fully saturated rings. The Kier molecular flexibility index (Phi) is 5.74. The molecule has 2 N–H and O–H groups in total. The van der Waals surface area contributed by atoms with Crippen LogP contribution in [0.5, 0.6) is 5.75 Å². The van der Waals surface area contributed by atoms with Crippen molar-refractivity contribution in [2.45, 2.75) is 25.3 Å². The largest absolute Gasteiger partial charge is 0.379 e. The van der Waals surface area contributed by atoms with Crippen LogP contribution < -0.4 is 9.50 Å². The maximum absolute atomic E-state index is 12.9. The fraction of sp³-hybridized carbons (Fsp3) is 0.294. The Morgan fingerprint density at radius 1 is 1.13 bits per heavy atom. The van der Waals surface area contributed by atoms with E-state index in [1.54, 1.807) is 18.2 Å². The van der Waals surface area contributed by atoms with Crippen molar-refractivity contribution in [2.24, 2.45) is 5.92 Å². The van der Waals surface area contributed by atoms with Gasteiger partial charge in [-0.3, -0.25) is 0 Å². The van der Waals surface area contributed by atoms with Gasteiger partial charge in [-0.25, -0.2) is 4.39 Å². The summed E-state index contributed by atoms with van der Waals surface area (Å²) in [6, 6.07) is 11.5. The fourth-order valence-corrected chi connectivity index (χ4v) is 3.01. The summed E-state index contributed by atoms with van der Waals surface area (Å²) in [5.41, 5.74) is 0.984. The highest BCUT2D eigenvalue weighted by molar-refractivity contribution is 7.87. The van der Waals surface area contributed by atoms with E-state index < -0.39 is 15.9 Å². The molecule has 6 heteroatoms. The van der Waals surface area contributed by atoms with Gasteiger partial charge < -0.3 is 9.50 Å². The molecule has 2 aromatic carbocycles. The summed E-state index contributed by atoms with van der Waals surface area (Å²) in [6.45, 7) is 6.04. The minimum absolute atomic E-state index is 0.0735. The van der Waals surface area contributed by atoms with Crippen LogP contribution in [-0.2, 0) is 16.7 Å². The van der Waals surface area contributed by atoms with Gasteiger partial charge >= 0.3 is 10.1 Å². The Morgan fingerprint density at radius 3 is 2.48 bits per heavy atom. The van der Waals surface area contributed by atoms with Gasteiger partial charge in [-0.1, -0.05) is 26.0 Å². The smallest absolute Gasteiger partial charge is 0.339 e. The predicted molar refractivity (Wildman–Crippen MR) is 86.0 cm³/mol. The summed E-state index contributed by atoms with van der Waals surface area (Å²) >= 11 is 0. The van der Waals surface area contributed by atoms with Gasteiger partial charge in [0, 0.05) is 11.5 Å². The van der Waals surface area contributed by atoms with Crippen LogP contribution in [0.2, 0.25) is 0 Å². The molecule has 0 radical (unpaired) electrons. The highest BCUT2D eigenvalue weighted by Gasteiger charge is 2.16. The number of hydrogen-bond acceptors (Lipinski definition) is 3. The molecule has 124 valence electrons. The maximum Gasteiger partial charge on any atom is 0.339 e. The Hall–Kier alpha value is -1.92. The summed E-state index contributed by atoms with van der Waals surface area (Å²) in [5, 5.41) is 2.16. The third-order valence-electron chi connectivity index (χ3n) is 3.22. The van der Waals surface area contributed by atoms with E-state index >= 15 is 0 Å². The molecule has 0 amide bonds. The Morgan fingerprint density at radius 2 is 1.83 bits per heavy atom. The van der Waals surface area contributed by atoms with Gasteiger partial charge in [-0.2, -0.15) is 8.42 Å². The van der Waals surface area contributed by atoms with E-state index in [9.17, 15) is 12.8 Å². The van der Waals surface area contributed by atoms with Crippen molar-refractivity contribution in [3.8, 4) is 5.75 Å². The van der Waals surface area contributed by atoms with E-state index in [-0.39, 0.29) is 10.6 Å². The summed E-state index contributed by atoms with van der Waals surface area (Å²) in [7, 11) is -3.96. The molecule has 0 saturated carbocycles. The lowest BCUT2D eigenvalue weighted by Gasteiger charge is -2.09. The van der Waals surface area contributed by atoms with Crippen LogP contribution in [0.4, 0.5) is 4.39 Å². The van der Waals surface area contributed by atoms with Gasteiger partial charge in [0.1, 0.15) is 23.0 Å². The molecule has 0 saturated heterocycles. The molecule has 2 rings (SSSR count). The molecule has 4 nitrogen and oxygen atoms in total. The van der Waals surface area contributed by atoms with Gasteiger partial charge in [0.15, 0.2) is 0 Å². The highest BCUT2D eigenvalue weighted by Crippen LogP contribution is 2.19. The molecule has 23 heavy (non-hydrogen) atoms. The lowest BCUT2D eigenvalue weighted by molar-refractivity contribution is -0.675. The molecule has 0 bridgehead atoms. The molecule has 0 atom stereocenters. The van der Waals surface area contributed by atoms with Gasteiger partial charge in [0.05, 0.1) is 6.54 Å². The van der Waals surface area contributed by atoms with Crippen LogP contribution in [-0.4, -0.2) is 15.0 Å². The summed E-state index contributed by atoms with van der Waals surface area (Å²) in [4.78, 5) is -0.0735. The maximum atomic E-state index is 12.9. The molecule has 0 aliphatic rings. The monoisotopic (exact) mass is 338 g/mol. The molecule has 2 aromatic rings. The third-order valence-corrected chi connectivity index (χ3v) is 4.49. The average Bonchev–Trinajstić information content (AvgIpc) is 2.47. The first-order chi connectivity index (χ1) is 10.9. The Labute approximate surface area is 136 Å². The van der Waals surface area contributed by atoms with Crippen molar-refractivity contribution in [3.63, 3.8) is 0 Å². The second kappa shape index (κ2) is 7.57. The van der Waals surface area contributed by atoms with E-state index in [0.717, 1.165) is 30.8 Å². The number of halogens is 1. The molecule has 0 aliphatic carbocycles. The molecule has 0 spiro atoms. The first-order valence-corrected chi connectivity index (χ1v) is 8.88. The molecular weight excluding hydrogens is 317 g/mol. The number of rotatable bonds is 7. The lowest BCUT2D eigenvalue weighted by atomic mass is 10.2. The van der Waals surface area contributed by atoms with Crippen molar-refractivity contribution >= 4 is 10.1 Å². The minimum atomic E-state index is -3.96. The van der Waals surface area contributed by atoms with E-state index in [1.165, 1.54) is 12.1 Å². The standard InChI is InChI=1S/C17H20FNO3S/c1-13(2)11-19-12-14-4-3-5-16(10-14)22-23(20,21)17-8-6-15(18)7-9-17/h3-10,13,19H,11-12H2,1-2H3/p+1. The SMILES string of the molecule is CC(C)C[NH2+]Cc1cccc(OS(=O)(=O)c2ccc(F)cc2)c1. The molecule has 0 heterocycles. The van der Waals surface area contributed by atoms with Crippen LogP contribution in [0.3, 0.4) is 0 Å². The van der Waals surface area contributed by atoms with Gasteiger partial charge in [-0.15, -0.1) is 0 Å². The Balaban J connectivity index is 2.08. The van der Waals surface area contributed by atoms with E-state index in [2.05, 4.69) is 19.2 Å². The normalized spacial score (nSPS) is 11.7. The van der Waals surface area contributed by atoms with Crippen molar-refractivity contribution in [3.05, 3.63) is 59.9 Å². The number of quaternary nitrogens is 1. The quantitative estimate of drug-likeness (QED) is 0.788. The summed E-state index contributed by atoms with van der Waals surface area (Å²) in [6.07, 6.45) is 0. The second-order valence-corrected chi connectivity index (χ2v) is 7.31. The van der Waals surface area contributed by atoms with Gasteiger partial charge in [0.25, 0.3) is 0 Å². The van der Waals surface area contributed by atoms with Crippen LogP contribution in [0.25, 0.3) is 0 Å². The predicted octanol–water partition coefficient (Wildman–Crippen LogP) is 2.31. The zero-order valence-corrected chi connectivity index (χ0v) is 14.0. The number of nitrogens with two attached hydrogens (primary N) is 1. The molecule has 0 aliphatic heterocycles. The highest BCUT2D eigenvalue weighted by atomic mass is 32.2. The first kappa shape index (κ1) is 17.4. The molecule has 0 aromatic heterocycles. The van der Waals surface area contributed by atoms with Gasteiger partial charge in [0.2, 0.25) is 0 Å². The van der Waals surface area contributed by atoms with Crippen LogP contribution in [0.1, 0.15) is 19.4 Å². The minimum Gasteiger partial charge on any atom is -0.379 e. The average molecular weight is 338 g/mol. The Bertz CT molecular complexity index is 743. The summed E-state index contributed by atoms with van der Waals surface area (Å²) < 4.78 is 42.4. The van der Waals surface area contributed by atoms with Crippen LogP contribution >= 0.6 is 0 Å². The van der Waals surface area contributed by atoms with Crippen molar-refractivity contribution in [1.29, 1.82) is 0 Å². The van der Waals surface area contributed by atoms with Crippen LogP contribution in [0.15, 0.2) is 53.4 Å². The van der Waals surface area contributed by atoms with Crippen molar-refractivity contribution in [2.75, 3.05) is 6.54 Å². The lowest BCUT2D eigenvalue weighted by Crippen LogP contribution is -2.83. The van der Waals surface area contributed by atoms with Crippen molar-refractivity contribution in [1.82, 2.24) is 0 Å². The fourth-order valence-electron chi connectivity index (χ4n) is 2.08. The topological polar surface area (TPSA) is 60.0 Å². The van der Waals surface area contributed by atoms with Crippen molar-refractivity contribution < 1.29 is 22.3 Å². The number of benzene rings is 2. The molecule has 0 unspecified atom stereocenters. The van der Waals surface area contributed by atoms with E-state index in [1.807, 2.05) is 6.07 Å². The van der Waals surface area contributed by atoms with Crippen LogP contribution in [0, 0.1) is 11.7 Å². The third kappa shape index (κ3) is 5.33. The van der Waals surface area contributed by atoms with Gasteiger partial charge in [-0.05, 0) is 36.4 Å². The zero-order valence-electron chi connectivity index (χ0n) is 13.2. The zero-order chi connectivity index (χ0) is 16.9. The summed E-state index contributed by atoms with van der Waals surface area (Å²) in [5.74, 6) is 0.352.